The van der Waals surface area contributed by atoms with Gasteiger partial charge in [-0.3, -0.25) is 4.79 Å². The van der Waals surface area contributed by atoms with E-state index in [4.69, 9.17) is 5.73 Å². The van der Waals surface area contributed by atoms with Crippen LogP contribution in [-0.4, -0.2) is 15.7 Å². The molecule has 1 aromatic heterocycles. The van der Waals surface area contributed by atoms with Gasteiger partial charge >= 0.3 is 0 Å². The highest BCUT2D eigenvalue weighted by Crippen LogP contribution is 2.20. The number of amides is 1. The van der Waals surface area contributed by atoms with Crippen molar-refractivity contribution >= 4 is 33.3 Å². The molecule has 0 spiro atoms. The van der Waals surface area contributed by atoms with Crippen LogP contribution in [0.4, 0.5) is 11.5 Å². The van der Waals surface area contributed by atoms with Crippen molar-refractivity contribution in [3.05, 3.63) is 40.5 Å². The number of anilines is 2. The summed E-state index contributed by atoms with van der Waals surface area (Å²) < 4.78 is 2.58. The maximum atomic E-state index is 12.2. The highest BCUT2D eigenvalue weighted by Gasteiger charge is 2.13. The van der Waals surface area contributed by atoms with Crippen molar-refractivity contribution in [3.8, 4) is 0 Å². The van der Waals surface area contributed by atoms with Gasteiger partial charge in [-0.2, -0.15) is 5.10 Å². The molecule has 1 amide bonds. The summed E-state index contributed by atoms with van der Waals surface area (Å²) >= 11 is 3.31. The Kier molecular flexibility index (Phi) is 3.90. The van der Waals surface area contributed by atoms with Crippen molar-refractivity contribution < 1.29 is 4.79 Å². The predicted molar refractivity (Wildman–Crippen MR) is 79.1 cm³/mol. The van der Waals surface area contributed by atoms with E-state index < -0.39 is 0 Å². The lowest BCUT2D eigenvalue weighted by atomic mass is 10.1. The van der Waals surface area contributed by atoms with Crippen LogP contribution in [0, 0.1) is 0 Å². The van der Waals surface area contributed by atoms with E-state index in [0.717, 1.165) is 4.47 Å². The first-order valence-electron chi connectivity index (χ1n) is 5.89. The van der Waals surface area contributed by atoms with E-state index in [2.05, 4.69) is 26.3 Å². The van der Waals surface area contributed by atoms with Crippen LogP contribution in [-0.2, 0) is 0 Å². The molecule has 100 valence electrons. The van der Waals surface area contributed by atoms with E-state index in [-0.39, 0.29) is 11.9 Å². The third-order valence-corrected chi connectivity index (χ3v) is 3.15. The molecule has 3 N–H and O–H groups in total. The van der Waals surface area contributed by atoms with Crippen LogP contribution in [0.3, 0.4) is 0 Å². The highest BCUT2D eigenvalue weighted by atomic mass is 79.9. The second-order valence-electron chi connectivity index (χ2n) is 4.44. The number of hydrogen-bond acceptors (Lipinski definition) is 3. The molecule has 2 aromatic rings. The Morgan fingerprint density at radius 2 is 2.16 bits per heavy atom. The van der Waals surface area contributed by atoms with E-state index in [1.165, 1.54) is 0 Å². The normalized spacial score (nSPS) is 10.7. The van der Waals surface area contributed by atoms with Gasteiger partial charge in [0.1, 0.15) is 5.82 Å². The molecule has 0 aliphatic rings. The summed E-state index contributed by atoms with van der Waals surface area (Å²) in [6.07, 6.45) is 1.65. The molecule has 6 heteroatoms. The summed E-state index contributed by atoms with van der Waals surface area (Å²) in [6.45, 7) is 3.99. The van der Waals surface area contributed by atoms with Crippen LogP contribution in [0.25, 0.3) is 0 Å². The SMILES string of the molecule is CC(C)n1nccc1NC(=O)c1ccc(Br)cc1N. The minimum atomic E-state index is -0.243. The third-order valence-electron chi connectivity index (χ3n) is 2.66. The summed E-state index contributed by atoms with van der Waals surface area (Å²) in [6, 6.07) is 7.10. The molecule has 0 saturated heterocycles. The minimum absolute atomic E-state index is 0.174. The number of nitrogens with two attached hydrogens (primary N) is 1. The molecule has 0 unspecified atom stereocenters. The minimum Gasteiger partial charge on any atom is -0.398 e. The van der Waals surface area contributed by atoms with Crippen LogP contribution in [0.2, 0.25) is 0 Å². The molecule has 0 atom stereocenters. The molecule has 0 aliphatic carbocycles. The number of hydrogen-bond donors (Lipinski definition) is 2. The maximum absolute atomic E-state index is 12.2. The molecule has 1 aromatic carbocycles. The lowest BCUT2D eigenvalue weighted by Crippen LogP contribution is -2.17. The maximum Gasteiger partial charge on any atom is 0.258 e. The zero-order valence-electron chi connectivity index (χ0n) is 10.7. The second kappa shape index (κ2) is 5.44. The molecular weight excluding hydrogens is 308 g/mol. The number of rotatable bonds is 3. The van der Waals surface area contributed by atoms with Gasteiger partial charge in [-0.05, 0) is 32.0 Å². The molecule has 1 heterocycles. The smallest absolute Gasteiger partial charge is 0.258 e. The molecule has 0 aliphatic heterocycles. The third kappa shape index (κ3) is 2.96. The van der Waals surface area contributed by atoms with E-state index in [0.29, 0.717) is 17.1 Å². The van der Waals surface area contributed by atoms with E-state index >= 15 is 0 Å². The highest BCUT2D eigenvalue weighted by molar-refractivity contribution is 9.10. The van der Waals surface area contributed by atoms with Gasteiger partial charge in [0.05, 0.1) is 11.8 Å². The molecule has 2 rings (SSSR count). The molecule has 0 saturated carbocycles. The van der Waals surface area contributed by atoms with Gasteiger partial charge < -0.3 is 11.1 Å². The summed E-state index contributed by atoms with van der Waals surface area (Å²) in [5, 5.41) is 6.98. The van der Waals surface area contributed by atoms with Crippen LogP contribution >= 0.6 is 15.9 Å². The fraction of sp³-hybridized carbons (Fsp3) is 0.231. The summed E-state index contributed by atoms with van der Waals surface area (Å²) in [5.41, 5.74) is 6.71. The van der Waals surface area contributed by atoms with Crippen LogP contribution in [0.15, 0.2) is 34.9 Å². The Balaban J connectivity index is 2.23. The van der Waals surface area contributed by atoms with Crippen LogP contribution in [0.5, 0.6) is 0 Å². The number of nitrogens with zero attached hydrogens (tertiary/aromatic N) is 2. The van der Waals surface area contributed by atoms with Gasteiger partial charge in [-0.15, -0.1) is 0 Å². The molecule has 19 heavy (non-hydrogen) atoms. The largest absolute Gasteiger partial charge is 0.398 e. The first-order valence-corrected chi connectivity index (χ1v) is 6.68. The molecule has 5 nitrogen and oxygen atoms in total. The number of aromatic nitrogens is 2. The van der Waals surface area contributed by atoms with Crippen LogP contribution < -0.4 is 11.1 Å². The van der Waals surface area contributed by atoms with Crippen LogP contribution in [0.1, 0.15) is 30.2 Å². The van der Waals surface area contributed by atoms with Gasteiger partial charge in [0, 0.05) is 22.3 Å². The Bertz CT molecular complexity index is 606. The second-order valence-corrected chi connectivity index (χ2v) is 5.36. The Labute approximate surface area is 119 Å². The molecule has 0 fully saturated rings. The van der Waals surface area contributed by atoms with Gasteiger partial charge in [-0.1, -0.05) is 15.9 Å². The van der Waals surface area contributed by atoms with Crippen molar-refractivity contribution in [1.82, 2.24) is 9.78 Å². The molecular formula is C13H15BrN4O. The van der Waals surface area contributed by atoms with Crippen molar-refractivity contribution in [1.29, 1.82) is 0 Å². The lowest BCUT2D eigenvalue weighted by molar-refractivity contribution is 0.102. The average Bonchev–Trinajstić information content (AvgIpc) is 2.76. The van der Waals surface area contributed by atoms with Crippen molar-refractivity contribution in [2.75, 3.05) is 11.1 Å². The number of halogens is 1. The fourth-order valence-electron chi connectivity index (χ4n) is 1.75. The molecule has 0 radical (unpaired) electrons. The van der Waals surface area contributed by atoms with Crippen molar-refractivity contribution in [3.63, 3.8) is 0 Å². The standard InChI is InChI=1S/C13H15BrN4O/c1-8(2)18-12(5-6-16-18)17-13(19)10-4-3-9(14)7-11(10)15/h3-8H,15H2,1-2H3,(H,17,19). The van der Waals surface area contributed by atoms with E-state index in [1.54, 1.807) is 35.1 Å². The zero-order chi connectivity index (χ0) is 14.0. The van der Waals surface area contributed by atoms with Gasteiger partial charge in [-0.25, -0.2) is 4.68 Å². The first kappa shape index (κ1) is 13.6. The Morgan fingerprint density at radius 1 is 1.42 bits per heavy atom. The number of benzene rings is 1. The quantitative estimate of drug-likeness (QED) is 0.853. The first-order chi connectivity index (χ1) is 8.99. The van der Waals surface area contributed by atoms with Gasteiger partial charge in [0.2, 0.25) is 0 Å². The Morgan fingerprint density at radius 3 is 2.79 bits per heavy atom. The Hall–Kier alpha value is -1.82. The van der Waals surface area contributed by atoms with Gasteiger partial charge in [0.15, 0.2) is 0 Å². The lowest BCUT2D eigenvalue weighted by Gasteiger charge is -2.12. The summed E-state index contributed by atoms with van der Waals surface area (Å²) in [5.74, 6) is 0.412. The predicted octanol–water partition coefficient (Wildman–Crippen LogP) is 3.06. The van der Waals surface area contributed by atoms with Crippen molar-refractivity contribution in [2.24, 2.45) is 0 Å². The zero-order valence-corrected chi connectivity index (χ0v) is 12.3. The molecule has 0 bridgehead atoms. The summed E-state index contributed by atoms with van der Waals surface area (Å²) in [4.78, 5) is 12.2. The monoisotopic (exact) mass is 322 g/mol. The topological polar surface area (TPSA) is 72.9 Å². The van der Waals surface area contributed by atoms with E-state index in [1.807, 2.05) is 13.8 Å². The number of nitrogen functional groups attached to an aromatic ring is 1. The summed E-state index contributed by atoms with van der Waals surface area (Å²) in [7, 11) is 0. The average molecular weight is 323 g/mol. The van der Waals surface area contributed by atoms with E-state index in [9.17, 15) is 4.79 Å². The van der Waals surface area contributed by atoms with Gasteiger partial charge in [0.25, 0.3) is 5.91 Å². The number of nitrogens with one attached hydrogen (secondary N) is 1. The van der Waals surface area contributed by atoms with Crippen molar-refractivity contribution in [2.45, 2.75) is 19.9 Å². The number of carbonyl (C=O) groups excluding carboxylic acids is 1. The fourth-order valence-corrected chi connectivity index (χ4v) is 2.13. The number of carbonyl (C=O) groups is 1.